The first-order valence-corrected chi connectivity index (χ1v) is 13.2. The Kier molecular flexibility index (Phi) is 7.61. The van der Waals surface area contributed by atoms with E-state index in [0.29, 0.717) is 16.6 Å². The van der Waals surface area contributed by atoms with Gasteiger partial charge in [-0.3, -0.25) is 4.79 Å². The topological polar surface area (TPSA) is 26.8 Å². The van der Waals surface area contributed by atoms with Gasteiger partial charge < -0.3 is 14.7 Å². The number of halogens is 4. The van der Waals surface area contributed by atoms with E-state index >= 15 is 0 Å². The number of hydrogen-bond donors (Lipinski definition) is 0. The number of amides is 1. The van der Waals surface area contributed by atoms with E-state index in [2.05, 4.69) is 54.8 Å². The molecule has 31 heavy (non-hydrogen) atoms. The predicted molar refractivity (Wildman–Crippen MR) is 141 cm³/mol. The highest BCUT2D eigenvalue weighted by atomic mass is 79.9. The molecule has 0 aromatic heterocycles. The molecule has 0 radical (unpaired) electrons. The standard InChI is InChI=1S/C22H21Br2Cl2N3OS/c1-27-4-6-28(7-5-27)20-11-14(23)10-17(24)16(20)13-21-22(30)29(8-9-31-21)15-2-3-18(25)19(26)12-15/h2-3,10-13H,4-9H2,1H3/b21-13+. The molecule has 2 aromatic carbocycles. The third kappa shape index (κ3) is 5.28. The molecule has 2 fully saturated rings. The molecule has 0 saturated carbocycles. The van der Waals surface area contributed by atoms with E-state index in [1.807, 2.05) is 18.2 Å². The van der Waals surface area contributed by atoms with Crippen LogP contribution >= 0.6 is 66.8 Å². The molecule has 9 heteroatoms. The first kappa shape index (κ1) is 23.5. The van der Waals surface area contributed by atoms with Crippen molar-refractivity contribution in [1.82, 2.24) is 4.90 Å². The van der Waals surface area contributed by atoms with E-state index < -0.39 is 0 Å². The number of anilines is 2. The maximum atomic E-state index is 13.4. The molecule has 0 N–H and O–H groups in total. The number of likely N-dealkylation sites (N-methyl/N-ethyl adjacent to an activating group) is 1. The highest BCUT2D eigenvalue weighted by Gasteiger charge is 2.27. The second-order valence-electron chi connectivity index (χ2n) is 7.52. The Balaban J connectivity index is 1.69. The molecule has 2 aromatic rings. The van der Waals surface area contributed by atoms with Gasteiger partial charge in [0.15, 0.2) is 0 Å². The first-order chi connectivity index (χ1) is 14.8. The van der Waals surface area contributed by atoms with Gasteiger partial charge in [-0.05, 0) is 43.5 Å². The number of piperazine rings is 1. The van der Waals surface area contributed by atoms with Crippen LogP contribution < -0.4 is 9.80 Å². The summed E-state index contributed by atoms with van der Waals surface area (Å²) in [4.78, 5) is 20.6. The van der Waals surface area contributed by atoms with Crippen molar-refractivity contribution in [1.29, 1.82) is 0 Å². The fourth-order valence-corrected chi connectivity index (χ4v) is 6.24. The summed E-state index contributed by atoms with van der Waals surface area (Å²) in [5, 5.41) is 0.930. The maximum Gasteiger partial charge on any atom is 0.264 e. The molecule has 164 valence electrons. The molecule has 2 aliphatic heterocycles. The summed E-state index contributed by atoms with van der Waals surface area (Å²) in [5.41, 5.74) is 2.92. The lowest BCUT2D eigenvalue weighted by atomic mass is 10.1. The Bertz CT molecular complexity index is 1040. The molecule has 0 aliphatic carbocycles. The average Bonchev–Trinajstić information content (AvgIpc) is 2.74. The van der Waals surface area contributed by atoms with Gasteiger partial charge in [0.25, 0.3) is 5.91 Å². The molecular formula is C22H21Br2Cl2N3OS. The maximum absolute atomic E-state index is 13.4. The molecule has 4 rings (SSSR count). The highest BCUT2D eigenvalue weighted by molar-refractivity contribution is 9.11. The van der Waals surface area contributed by atoms with E-state index in [1.165, 1.54) is 0 Å². The smallest absolute Gasteiger partial charge is 0.264 e. The van der Waals surface area contributed by atoms with Crippen LogP contribution in [0.5, 0.6) is 0 Å². The number of thioether (sulfide) groups is 1. The van der Waals surface area contributed by atoms with Crippen molar-refractivity contribution >= 4 is 90.2 Å². The van der Waals surface area contributed by atoms with Gasteiger partial charge in [0.05, 0.1) is 15.0 Å². The van der Waals surface area contributed by atoms with Crippen molar-refractivity contribution in [3.05, 3.63) is 59.8 Å². The zero-order valence-corrected chi connectivity index (χ0v) is 22.4. The molecule has 2 heterocycles. The third-order valence-corrected chi connectivity index (χ3v) is 8.28. The molecule has 2 aliphatic rings. The normalized spacial score (nSPS) is 19.4. The predicted octanol–water partition coefficient (Wildman–Crippen LogP) is 6.39. The van der Waals surface area contributed by atoms with Gasteiger partial charge in [0, 0.05) is 64.4 Å². The fourth-order valence-electron chi connectivity index (χ4n) is 3.70. The van der Waals surface area contributed by atoms with E-state index in [1.54, 1.807) is 28.8 Å². The van der Waals surface area contributed by atoms with Crippen LogP contribution in [-0.2, 0) is 4.79 Å². The van der Waals surface area contributed by atoms with Gasteiger partial charge in [-0.25, -0.2) is 0 Å². The molecular weight excluding hydrogens is 585 g/mol. The summed E-state index contributed by atoms with van der Waals surface area (Å²) in [6.45, 7) is 4.56. The summed E-state index contributed by atoms with van der Waals surface area (Å²) < 4.78 is 1.97. The Labute approximate surface area is 213 Å². The Morgan fingerprint density at radius 1 is 1.00 bits per heavy atom. The van der Waals surface area contributed by atoms with Crippen molar-refractivity contribution in [2.75, 3.05) is 55.3 Å². The molecule has 0 spiro atoms. The van der Waals surface area contributed by atoms with Crippen molar-refractivity contribution in [3.63, 3.8) is 0 Å². The molecule has 0 atom stereocenters. The summed E-state index contributed by atoms with van der Waals surface area (Å²) in [6.07, 6.45) is 2.01. The first-order valence-electron chi connectivity index (χ1n) is 9.87. The molecule has 4 nitrogen and oxygen atoms in total. The van der Waals surface area contributed by atoms with Crippen molar-refractivity contribution in [2.24, 2.45) is 0 Å². The van der Waals surface area contributed by atoms with Crippen molar-refractivity contribution in [2.45, 2.75) is 0 Å². The van der Waals surface area contributed by atoms with Crippen LogP contribution in [0.25, 0.3) is 6.08 Å². The van der Waals surface area contributed by atoms with Crippen LogP contribution in [0.2, 0.25) is 10.0 Å². The minimum atomic E-state index is -0.0196. The van der Waals surface area contributed by atoms with Crippen LogP contribution in [0.1, 0.15) is 5.56 Å². The van der Waals surface area contributed by atoms with E-state index in [-0.39, 0.29) is 5.91 Å². The van der Waals surface area contributed by atoms with Crippen LogP contribution in [0.3, 0.4) is 0 Å². The summed E-state index contributed by atoms with van der Waals surface area (Å²) in [6, 6.07) is 9.48. The monoisotopic (exact) mass is 603 g/mol. The Morgan fingerprint density at radius 2 is 1.74 bits per heavy atom. The quantitative estimate of drug-likeness (QED) is 0.379. The molecule has 1 amide bonds. The van der Waals surface area contributed by atoms with Crippen LogP contribution in [-0.4, -0.2) is 56.3 Å². The van der Waals surface area contributed by atoms with E-state index in [9.17, 15) is 4.79 Å². The van der Waals surface area contributed by atoms with Crippen LogP contribution in [0.15, 0.2) is 44.2 Å². The van der Waals surface area contributed by atoms with Crippen LogP contribution in [0, 0.1) is 0 Å². The minimum absolute atomic E-state index is 0.0196. The molecule has 0 bridgehead atoms. The van der Waals surface area contributed by atoms with Crippen molar-refractivity contribution < 1.29 is 4.79 Å². The van der Waals surface area contributed by atoms with Crippen molar-refractivity contribution in [3.8, 4) is 0 Å². The lowest BCUT2D eigenvalue weighted by molar-refractivity contribution is -0.114. The summed E-state index contributed by atoms with van der Waals surface area (Å²) in [7, 11) is 2.14. The van der Waals surface area contributed by atoms with Gasteiger partial charge >= 0.3 is 0 Å². The lowest BCUT2D eigenvalue weighted by Gasteiger charge is -2.35. The summed E-state index contributed by atoms with van der Waals surface area (Å²) in [5.74, 6) is 0.796. The molecule has 0 unspecified atom stereocenters. The second-order valence-corrected chi connectivity index (χ2v) is 11.2. The number of rotatable bonds is 3. The zero-order chi connectivity index (χ0) is 22.1. The number of carbonyl (C=O) groups excluding carboxylic acids is 1. The molecule has 2 saturated heterocycles. The van der Waals surface area contributed by atoms with Gasteiger partial charge in [0.1, 0.15) is 0 Å². The highest BCUT2D eigenvalue weighted by Crippen LogP contribution is 2.38. The zero-order valence-electron chi connectivity index (χ0n) is 16.9. The summed E-state index contributed by atoms with van der Waals surface area (Å²) >= 11 is 21.2. The van der Waals surface area contributed by atoms with Crippen LogP contribution in [0.4, 0.5) is 11.4 Å². The lowest BCUT2D eigenvalue weighted by Crippen LogP contribution is -2.44. The third-order valence-electron chi connectivity index (χ3n) is 5.44. The number of carbonyl (C=O) groups is 1. The Morgan fingerprint density at radius 3 is 2.45 bits per heavy atom. The average molecular weight is 606 g/mol. The SMILES string of the molecule is CN1CCN(c2cc(Br)cc(Br)c2/C=C2/SCCN(c3ccc(Cl)c(Cl)c3)C2=O)CC1. The number of benzene rings is 2. The number of nitrogens with zero attached hydrogens (tertiary/aromatic N) is 3. The number of hydrogen-bond acceptors (Lipinski definition) is 4. The largest absolute Gasteiger partial charge is 0.368 e. The van der Waals surface area contributed by atoms with Gasteiger partial charge in [-0.2, -0.15) is 0 Å². The van der Waals surface area contributed by atoms with Gasteiger partial charge in [-0.15, -0.1) is 11.8 Å². The fraction of sp³-hybridized carbons (Fsp3) is 0.318. The minimum Gasteiger partial charge on any atom is -0.368 e. The van der Waals surface area contributed by atoms with Gasteiger partial charge in [-0.1, -0.05) is 55.1 Å². The van der Waals surface area contributed by atoms with E-state index in [0.717, 1.165) is 62.7 Å². The van der Waals surface area contributed by atoms with E-state index in [4.69, 9.17) is 23.2 Å². The van der Waals surface area contributed by atoms with Gasteiger partial charge in [0.2, 0.25) is 0 Å². The Hall–Kier alpha value is -0.700. The second kappa shape index (κ2) is 10.1.